The van der Waals surface area contributed by atoms with Gasteiger partial charge in [-0.3, -0.25) is 9.59 Å². The Morgan fingerprint density at radius 3 is 2.09 bits per heavy atom. The monoisotopic (exact) mass is 317 g/mol. The van der Waals surface area contributed by atoms with Crippen LogP contribution in [0.15, 0.2) is 0 Å². The molecule has 0 aliphatic carbocycles. The summed E-state index contributed by atoms with van der Waals surface area (Å²) in [6.45, 7) is 8.98. The summed E-state index contributed by atoms with van der Waals surface area (Å²) in [6.07, 6.45) is -1.05. The topological polar surface area (TPSA) is 102 Å². The minimum Gasteiger partial charge on any atom is -0.481 e. The highest BCUT2D eigenvalue weighted by molar-refractivity contribution is 5.72. The summed E-state index contributed by atoms with van der Waals surface area (Å²) in [6, 6.07) is 0. The van der Waals surface area contributed by atoms with Gasteiger partial charge in [0.05, 0.1) is 5.92 Å². The van der Waals surface area contributed by atoms with Gasteiger partial charge in [0.1, 0.15) is 0 Å². The number of carbonyl (C=O) groups is 3. The number of aliphatic carboxylic acids is 1. The van der Waals surface area contributed by atoms with E-state index in [-0.39, 0.29) is 24.8 Å². The third-order valence-electron chi connectivity index (χ3n) is 2.83. The predicted molar refractivity (Wildman–Crippen MR) is 80.1 cm³/mol. The molecule has 0 aliphatic rings. The van der Waals surface area contributed by atoms with Crippen LogP contribution in [0, 0.1) is 17.8 Å². The molecule has 2 atom stereocenters. The third-order valence-corrected chi connectivity index (χ3v) is 2.83. The average Bonchev–Trinajstić information content (AvgIpc) is 2.34. The highest BCUT2D eigenvalue weighted by Gasteiger charge is 2.19. The Labute approximate surface area is 131 Å². The van der Waals surface area contributed by atoms with Crippen molar-refractivity contribution in [1.29, 1.82) is 0 Å². The Hall–Kier alpha value is -1.79. The Kier molecular flexibility index (Phi) is 9.21. The van der Waals surface area contributed by atoms with Crippen LogP contribution >= 0.6 is 0 Å². The predicted octanol–water partition coefficient (Wildman–Crippen LogP) is 2.39. The molecule has 0 saturated carbocycles. The lowest BCUT2D eigenvalue weighted by molar-refractivity contribution is -0.168. The van der Waals surface area contributed by atoms with Crippen LogP contribution in [0.4, 0.5) is 4.79 Å². The maximum absolute atomic E-state index is 11.6. The number of carbonyl (C=O) groups excluding carboxylic acids is 2. The molecule has 0 aromatic rings. The van der Waals surface area contributed by atoms with Crippen LogP contribution in [0.25, 0.3) is 0 Å². The van der Waals surface area contributed by atoms with Crippen LogP contribution in [0.3, 0.4) is 0 Å². The number of hydrogen-bond acceptors (Lipinski definition) is 5. The fraction of sp³-hybridized carbons (Fsp3) is 0.800. The Bertz CT molecular complexity index is 380. The lowest BCUT2D eigenvalue weighted by Crippen LogP contribution is -2.34. The molecular formula is C15H27NO6. The number of nitrogens with one attached hydrogen (secondary N) is 1. The van der Waals surface area contributed by atoms with E-state index in [9.17, 15) is 14.4 Å². The fourth-order valence-electron chi connectivity index (χ4n) is 1.90. The Balaban J connectivity index is 4.22. The third kappa shape index (κ3) is 10.0. The number of alkyl carbamates (subject to hydrolysis) is 1. The molecule has 0 radical (unpaired) electrons. The molecule has 1 amide bonds. The highest BCUT2D eigenvalue weighted by atomic mass is 16.7. The SMILES string of the molecule is CC(C)C[C@H](CNC(=O)OC(C)OC(=O)C(C)C)CC(=O)O. The molecule has 7 heteroatoms. The van der Waals surface area contributed by atoms with E-state index in [0.717, 1.165) is 0 Å². The Morgan fingerprint density at radius 1 is 1.05 bits per heavy atom. The van der Waals surface area contributed by atoms with Crippen molar-refractivity contribution in [3.8, 4) is 0 Å². The van der Waals surface area contributed by atoms with E-state index in [1.165, 1.54) is 6.92 Å². The van der Waals surface area contributed by atoms with E-state index < -0.39 is 24.3 Å². The zero-order chi connectivity index (χ0) is 17.3. The molecule has 0 saturated heterocycles. The maximum Gasteiger partial charge on any atom is 0.410 e. The zero-order valence-electron chi connectivity index (χ0n) is 13.9. The summed E-state index contributed by atoms with van der Waals surface area (Å²) in [7, 11) is 0. The van der Waals surface area contributed by atoms with Crippen LogP contribution in [0.2, 0.25) is 0 Å². The summed E-state index contributed by atoms with van der Waals surface area (Å²) >= 11 is 0. The van der Waals surface area contributed by atoms with Gasteiger partial charge in [-0.1, -0.05) is 27.7 Å². The smallest absolute Gasteiger partial charge is 0.410 e. The Morgan fingerprint density at radius 2 is 1.64 bits per heavy atom. The van der Waals surface area contributed by atoms with Crippen molar-refractivity contribution in [1.82, 2.24) is 5.32 Å². The molecule has 128 valence electrons. The number of esters is 1. The minimum atomic E-state index is -0.988. The number of ether oxygens (including phenoxy) is 2. The lowest BCUT2D eigenvalue weighted by Gasteiger charge is -2.19. The number of rotatable bonds is 9. The largest absolute Gasteiger partial charge is 0.481 e. The summed E-state index contributed by atoms with van der Waals surface area (Å²) in [4.78, 5) is 33.8. The van der Waals surface area contributed by atoms with Crippen LogP contribution in [0.5, 0.6) is 0 Å². The molecule has 0 spiro atoms. The van der Waals surface area contributed by atoms with Crippen molar-refractivity contribution in [2.45, 2.75) is 53.8 Å². The highest BCUT2D eigenvalue weighted by Crippen LogP contribution is 2.14. The molecule has 0 aromatic carbocycles. The summed E-state index contributed by atoms with van der Waals surface area (Å²) in [5.74, 6) is -1.50. The maximum atomic E-state index is 11.6. The van der Waals surface area contributed by atoms with E-state index in [1.54, 1.807) is 13.8 Å². The van der Waals surface area contributed by atoms with Crippen LogP contribution in [0.1, 0.15) is 47.5 Å². The second-order valence-electron chi connectivity index (χ2n) is 6.04. The van der Waals surface area contributed by atoms with E-state index in [4.69, 9.17) is 14.6 Å². The van der Waals surface area contributed by atoms with Crippen molar-refractivity contribution in [2.75, 3.05) is 6.54 Å². The fourth-order valence-corrected chi connectivity index (χ4v) is 1.90. The van der Waals surface area contributed by atoms with Crippen molar-refractivity contribution >= 4 is 18.0 Å². The molecule has 0 heterocycles. The molecule has 0 bridgehead atoms. The first-order chi connectivity index (χ1) is 10.1. The number of amides is 1. The molecular weight excluding hydrogens is 290 g/mol. The van der Waals surface area contributed by atoms with E-state index in [2.05, 4.69) is 5.32 Å². The van der Waals surface area contributed by atoms with E-state index >= 15 is 0 Å². The van der Waals surface area contributed by atoms with E-state index in [0.29, 0.717) is 12.3 Å². The van der Waals surface area contributed by atoms with Gasteiger partial charge in [-0.25, -0.2) is 4.79 Å². The van der Waals surface area contributed by atoms with Crippen molar-refractivity contribution in [3.05, 3.63) is 0 Å². The van der Waals surface area contributed by atoms with Gasteiger partial charge in [0.2, 0.25) is 6.29 Å². The molecule has 0 fully saturated rings. The van der Waals surface area contributed by atoms with Gasteiger partial charge >= 0.3 is 18.0 Å². The van der Waals surface area contributed by atoms with Crippen LogP contribution < -0.4 is 5.32 Å². The first-order valence-corrected chi connectivity index (χ1v) is 7.48. The van der Waals surface area contributed by atoms with Crippen LogP contribution in [-0.4, -0.2) is 36.0 Å². The van der Waals surface area contributed by atoms with Gasteiger partial charge in [0, 0.05) is 19.9 Å². The van der Waals surface area contributed by atoms with Gasteiger partial charge < -0.3 is 19.9 Å². The first-order valence-electron chi connectivity index (χ1n) is 7.48. The zero-order valence-corrected chi connectivity index (χ0v) is 13.9. The normalized spacial score (nSPS) is 13.6. The molecule has 1 unspecified atom stereocenters. The molecule has 0 aromatic heterocycles. The van der Waals surface area contributed by atoms with Gasteiger partial charge in [0.15, 0.2) is 0 Å². The number of carboxylic acids is 1. The van der Waals surface area contributed by atoms with Crippen molar-refractivity contribution < 1.29 is 29.0 Å². The standard InChI is InChI=1S/C15H27NO6/c1-9(2)6-12(7-13(17)18)8-16-15(20)22-11(5)21-14(19)10(3)4/h9-12H,6-8H2,1-5H3,(H,16,20)(H,17,18)/t11?,12-/m0/s1. The van der Waals surface area contributed by atoms with Crippen molar-refractivity contribution in [3.63, 3.8) is 0 Å². The average molecular weight is 317 g/mol. The second-order valence-corrected chi connectivity index (χ2v) is 6.04. The van der Waals surface area contributed by atoms with Gasteiger partial charge in [-0.15, -0.1) is 0 Å². The van der Waals surface area contributed by atoms with Gasteiger partial charge in [-0.2, -0.15) is 0 Å². The molecule has 22 heavy (non-hydrogen) atoms. The molecule has 0 rings (SSSR count). The molecule has 0 aliphatic heterocycles. The minimum absolute atomic E-state index is 0.0175. The second kappa shape index (κ2) is 10.0. The molecule has 2 N–H and O–H groups in total. The number of carboxylic acid groups (broad SMARTS) is 1. The van der Waals surface area contributed by atoms with E-state index in [1.807, 2.05) is 13.8 Å². The van der Waals surface area contributed by atoms with Crippen LogP contribution in [-0.2, 0) is 19.1 Å². The summed E-state index contributed by atoms with van der Waals surface area (Å²) < 4.78 is 9.79. The number of hydrogen-bond donors (Lipinski definition) is 2. The van der Waals surface area contributed by atoms with Crippen molar-refractivity contribution in [2.24, 2.45) is 17.8 Å². The lowest BCUT2D eigenvalue weighted by atomic mass is 9.94. The van der Waals surface area contributed by atoms with Gasteiger partial charge in [0.25, 0.3) is 0 Å². The summed E-state index contributed by atoms with van der Waals surface area (Å²) in [5, 5.41) is 11.4. The quantitative estimate of drug-likeness (QED) is 0.500. The summed E-state index contributed by atoms with van der Waals surface area (Å²) in [5.41, 5.74) is 0. The van der Waals surface area contributed by atoms with Gasteiger partial charge in [-0.05, 0) is 18.3 Å². The molecule has 7 nitrogen and oxygen atoms in total. The first kappa shape index (κ1) is 20.2.